The maximum absolute atomic E-state index is 12.0. The highest BCUT2D eigenvalue weighted by Crippen LogP contribution is 2.16. The van der Waals surface area contributed by atoms with Crippen molar-refractivity contribution in [3.8, 4) is 5.75 Å². The van der Waals surface area contributed by atoms with Gasteiger partial charge in [0.2, 0.25) is 0 Å². The fourth-order valence-corrected chi connectivity index (χ4v) is 2.68. The van der Waals surface area contributed by atoms with Crippen LogP contribution in [-0.2, 0) is 14.8 Å². The molecule has 2 aromatic carbocycles. The van der Waals surface area contributed by atoms with E-state index >= 15 is 0 Å². The van der Waals surface area contributed by atoms with E-state index < -0.39 is 15.9 Å². The topological polar surface area (TPSA) is 84.5 Å². The Morgan fingerprint density at radius 2 is 1.78 bits per heavy atom. The highest BCUT2D eigenvalue weighted by Gasteiger charge is 2.15. The number of aryl methyl sites for hydroxylation is 1. The van der Waals surface area contributed by atoms with Gasteiger partial charge in [0.05, 0.1) is 4.90 Å². The smallest absolute Gasteiger partial charge is 0.272 e. The van der Waals surface area contributed by atoms with Crippen LogP contribution < -0.4 is 15.0 Å². The maximum atomic E-state index is 12.0. The van der Waals surface area contributed by atoms with Crippen molar-refractivity contribution >= 4 is 27.5 Å². The molecule has 0 atom stereocenters. The highest BCUT2D eigenvalue weighted by atomic mass is 35.5. The molecule has 122 valence electrons. The van der Waals surface area contributed by atoms with Crippen LogP contribution in [0.4, 0.5) is 0 Å². The van der Waals surface area contributed by atoms with Crippen LogP contribution in [0.15, 0.2) is 53.4 Å². The lowest BCUT2D eigenvalue weighted by molar-refractivity contribution is -0.123. The minimum absolute atomic E-state index is 0.0120. The van der Waals surface area contributed by atoms with Crippen molar-refractivity contribution in [1.82, 2.24) is 10.3 Å². The number of ether oxygens (including phenoxy) is 1. The molecule has 0 spiro atoms. The quantitative estimate of drug-likeness (QED) is 0.777. The molecule has 23 heavy (non-hydrogen) atoms. The summed E-state index contributed by atoms with van der Waals surface area (Å²) in [5.74, 6) is -0.0611. The Kier molecular flexibility index (Phi) is 5.59. The predicted molar refractivity (Wildman–Crippen MR) is 86.6 cm³/mol. The molecule has 2 aromatic rings. The number of hydrogen-bond donors (Lipinski definition) is 2. The zero-order valence-corrected chi connectivity index (χ0v) is 13.8. The Labute approximate surface area is 139 Å². The lowest BCUT2D eigenvalue weighted by Gasteiger charge is -2.10. The Morgan fingerprint density at radius 3 is 2.43 bits per heavy atom. The molecule has 8 heteroatoms. The molecule has 0 fully saturated rings. The molecule has 1 amide bonds. The monoisotopic (exact) mass is 354 g/mol. The number of halogens is 1. The van der Waals surface area contributed by atoms with Gasteiger partial charge in [0.25, 0.3) is 15.9 Å². The first-order valence-corrected chi connectivity index (χ1v) is 8.49. The predicted octanol–water partition coefficient (Wildman–Crippen LogP) is 2.04. The first-order chi connectivity index (χ1) is 10.9. The summed E-state index contributed by atoms with van der Waals surface area (Å²) in [5, 5.41) is 0.416. The minimum atomic E-state index is -3.86. The van der Waals surface area contributed by atoms with Gasteiger partial charge in [-0.25, -0.2) is 8.42 Å². The summed E-state index contributed by atoms with van der Waals surface area (Å²) in [6, 6.07) is 12.8. The van der Waals surface area contributed by atoms with Crippen LogP contribution in [0, 0.1) is 6.92 Å². The van der Waals surface area contributed by atoms with Crippen molar-refractivity contribution < 1.29 is 17.9 Å². The Morgan fingerprint density at radius 1 is 1.13 bits per heavy atom. The summed E-state index contributed by atoms with van der Waals surface area (Å²) in [4.78, 5) is 13.7. The van der Waals surface area contributed by atoms with E-state index in [1.54, 1.807) is 12.1 Å². The van der Waals surface area contributed by atoms with Gasteiger partial charge in [-0.2, -0.15) is 0 Å². The van der Waals surface area contributed by atoms with Gasteiger partial charge in [-0.15, -0.1) is 4.83 Å². The Bertz CT molecular complexity index is 791. The van der Waals surface area contributed by atoms with Gasteiger partial charge >= 0.3 is 0 Å². The number of amides is 1. The molecular formula is C15H15ClN2O4S. The third-order valence-corrected chi connectivity index (χ3v) is 4.42. The van der Waals surface area contributed by atoms with Crippen molar-refractivity contribution in [3.05, 3.63) is 59.1 Å². The summed E-state index contributed by atoms with van der Waals surface area (Å²) in [6.45, 7) is 1.53. The number of carbonyl (C=O) groups is 1. The lowest BCUT2D eigenvalue weighted by atomic mass is 10.2. The molecular weight excluding hydrogens is 340 g/mol. The van der Waals surface area contributed by atoms with E-state index in [4.69, 9.17) is 16.3 Å². The number of sulfonamides is 1. The van der Waals surface area contributed by atoms with E-state index in [0.29, 0.717) is 10.8 Å². The molecule has 0 aliphatic carbocycles. The second-order valence-corrected chi connectivity index (χ2v) is 6.78. The first kappa shape index (κ1) is 17.3. The maximum Gasteiger partial charge on any atom is 0.272 e. The fourth-order valence-electron chi connectivity index (χ4n) is 1.69. The van der Waals surface area contributed by atoms with Crippen molar-refractivity contribution in [1.29, 1.82) is 0 Å². The van der Waals surface area contributed by atoms with Crippen molar-refractivity contribution in [2.24, 2.45) is 0 Å². The average Bonchev–Trinajstić information content (AvgIpc) is 2.53. The normalized spacial score (nSPS) is 11.0. The van der Waals surface area contributed by atoms with E-state index in [2.05, 4.69) is 5.43 Å². The molecule has 0 saturated carbocycles. The molecule has 6 nitrogen and oxygen atoms in total. The van der Waals surface area contributed by atoms with Crippen LogP contribution in [-0.4, -0.2) is 20.9 Å². The standard InChI is InChI=1S/C15H15ClN2O4S/c1-11-4-2-3-5-14(11)22-10-15(19)17-18-23(20,21)13-8-6-12(16)7-9-13/h2-9,18H,10H2,1H3,(H,17,19). The van der Waals surface area contributed by atoms with Gasteiger partial charge in [-0.3, -0.25) is 10.2 Å². The molecule has 0 radical (unpaired) electrons. The number of para-hydroxylation sites is 1. The largest absolute Gasteiger partial charge is 0.483 e. The number of rotatable bonds is 6. The third-order valence-electron chi connectivity index (χ3n) is 2.90. The average molecular weight is 355 g/mol. The van der Waals surface area contributed by atoms with Crippen molar-refractivity contribution in [2.45, 2.75) is 11.8 Å². The molecule has 0 aliphatic heterocycles. The van der Waals surface area contributed by atoms with Gasteiger partial charge in [0, 0.05) is 5.02 Å². The summed E-state index contributed by atoms with van der Waals surface area (Å²) in [7, 11) is -3.86. The van der Waals surface area contributed by atoms with E-state index in [-0.39, 0.29) is 11.5 Å². The Balaban J connectivity index is 1.89. The molecule has 0 saturated heterocycles. The first-order valence-electron chi connectivity index (χ1n) is 6.63. The number of benzene rings is 2. The van der Waals surface area contributed by atoms with Crippen LogP contribution in [0.5, 0.6) is 5.75 Å². The van der Waals surface area contributed by atoms with E-state index in [1.807, 2.05) is 23.9 Å². The summed E-state index contributed by atoms with van der Waals surface area (Å²) < 4.78 is 29.3. The SMILES string of the molecule is Cc1ccccc1OCC(=O)NNS(=O)(=O)c1ccc(Cl)cc1. The van der Waals surface area contributed by atoms with Crippen LogP contribution in [0.25, 0.3) is 0 Å². The second-order valence-electron chi connectivity index (χ2n) is 4.66. The van der Waals surface area contributed by atoms with Gasteiger partial charge in [-0.05, 0) is 42.8 Å². The molecule has 2 rings (SSSR count). The number of hydrazine groups is 1. The molecule has 0 bridgehead atoms. The van der Waals surface area contributed by atoms with Gasteiger partial charge in [0.1, 0.15) is 5.75 Å². The van der Waals surface area contributed by atoms with Gasteiger partial charge in [0.15, 0.2) is 6.61 Å². The number of nitrogens with one attached hydrogen (secondary N) is 2. The van der Waals surface area contributed by atoms with E-state index in [0.717, 1.165) is 5.56 Å². The van der Waals surface area contributed by atoms with E-state index in [9.17, 15) is 13.2 Å². The third kappa shape index (κ3) is 4.95. The van der Waals surface area contributed by atoms with Gasteiger partial charge in [-0.1, -0.05) is 29.8 Å². The fraction of sp³-hybridized carbons (Fsp3) is 0.133. The van der Waals surface area contributed by atoms with Crippen LogP contribution in [0.2, 0.25) is 5.02 Å². The van der Waals surface area contributed by atoms with Crippen LogP contribution in [0.3, 0.4) is 0 Å². The van der Waals surface area contributed by atoms with Crippen LogP contribution in [0.1, 0.15) is 5.56 Å². The zero-order valence-electron chi connectivity index (χ0n) is 12.2. The zero-order chi connectivity index (χ0) is 16.9. The minimum Gasteiger partial charge on any atom is -0.483 e. The summed E-state index contributed by atoms with van der Waals surface area (Å²) in [5.41, 5.74) is 2.97. The Hall–Kier alpha value is -2.09. The molecule has 0 aromatic heterocycles. The summed E-state index contributed by atoms with van der Waals surface area (Å²) in [6.07, 6.45) is 0. The molecule has 2 N–H and O–H groups in total. The number of carbonyl (C=O) groups excluding carboxylic acids is 1. The molecule has 0 heterocycles. The van der Waals surface area contributed by atoms with Crippen LogP contribution >= 0.6 is 11.6 Å². The van der Waals surface area contributed by atoms with E-state index in [1.165, 1.54) is 24.3 Å². The number of hydrogen-bond acceptors (Lipinski definition) is 4. The van der Waals surface area contributed by atoms with Crippen molar-refractivity contribution in [2.75, 3.05) is 6.61 Å². The van der Waals surface area contributed by atoms with Crippen molar-refractivity contribution in [3.63, 3.8) is 0 Å². The van der Waals surface area contributed by atoms with Gasteiger partial charge < -0.3 is 4.74 Å². The summed E-state index contributed by atoms with van der Waals surface area (Å²) >= 11 is 5.70. The molecule has 0 aliphatic rings. The molecule has 0 unspecified atom stereocenters. The lowest BCUT2D eigenvalue weighted by Crippen LogP contribution is -2.43. The highest BCUT2D eigenvalue weighted by molar-refractivity contribution is 7.89. The second kappa shape index (κ2) is 7.45.